The minimum absolute atomic E-state index is 0.0162. The maximum Gasteiger partial charge on any atom is 0.274 e. The summed E-state index contributed by atoms with van der Waals surface area (Å²) in [5.41, 5.74) is 10.5. The highest BCUT2D eigenvalue weighted by Gasteiger charge is 2.24. The van der Waals surface area contributed by atoms with E-state index in [1.807, 2.05) is 35.2 Å². The summed E-state index contributed by atoms with van der Waals surface area (Å²) in [6.45, 7) is 1.57. The van der Waals surface area contributed by atoms with Crippen LogP contribution in [0.15, 0.2) is 65.9 Å². The molecule has 11 heteroatoms. The summed E-state index contributed by atoms with van der Waals surface area (Å²) in [6.07, 6.45) is 8.01. The van der Waals surface area contributed by atoms with Gasteiger partial charge in [0.1, 0.15) is 18.3 Å². The average Bonchev–Trinajstić information content (AvgIpc) is 3.57. The Balaban J connectivity index is 1.33. The zero-order valence-corrected chi connectivity index (χ0v) is 18.4. The number of amides is 1. The number of carbonyl (C=O) groups excluding carboxylic acids is 1. The van der Waals surface area contributed by atoms with Crippen LogP contribution in [0, 0.1) is 0 Å². The number of nitrogen functional groups attached to an aromatic ring is 1. The zero-order chi connectivity index (χ0) is 23.8. The van der Waals surface area contributed by atoms with E-state index in [1.54, 1.807) is 12.4 Å². The van der Waals surface area contributed by atoms with Crippen molar-refractivity contribution in [1.29, 1.82) is 0 Å². The van der Waals surface area contributed by atoms with Crippen LogP contribution in [0.25, 0.3) is 33.7 Å². The number of fused-ring (bicyclic) bond motifs is 2. The molecule has 0 aliphatic carbocycles. The van der Waals surface area contributed by atoms with E-state index in [-0.39, 0.29) is 17.4 Å². The van der Waals surface area contributed by atoms with E-state index in [2.05, 4.69) is 35.2 Å². The summed E-state index contributed by atoms with van der Waals surface area (Å²) in [4.78, 5) is 41.1. The number of aromatic nitrogens is 6. The topological polar surface area (TPSA) is 149 Å². The normalized spacial score (nSPS) is 13.1. The molecule has 11 nitrogen and oxygen atoms in total. The second-order valence-corrected chi connectivity index (χ2v) is 8.05. The Labute approximate surface area is 199 Å². The van der Waals surface area contributed by atoms with Crippen molar-refractivity contribution in [2.24, 2.45) is 0 Å². The van der Waals surface area contributed by atoms with E-state index in [0.717, 1.165) is 27.7 Å². The van der Waals surface area contributed by atoms with Gasteiger partial charge in [0.2, 0.25) is 5.89 Å². The van der Waals surface area contributed by atoms with Crippen molar-refractivity contribution in [3.63, 3.8) is 0 Å². The largest absolute Gasteiger partial charge is 0.443 e. The van der Waals surface area contributed by atoms with Crippen LogP contribution < -0.4 is 11.1 Å². The second-order valence-electron chi connectivity index (χ2n) is 8.05. The van der Waals surface area contributed by atoms with E-state index in [0.29, 0.717) is 31.1 Å². The van der Waals surface area contributed by atoms with Gasteiger partial charge in [-0.15, -0.1) is 0 Å². The third kappa shape index (κ3) is 3.93. The summed E-state index contributed by atoms with van der Waals surface area (Å²) < 4.78 is 5.47. The number of hydrogen-bond acceptors (Lipinski definition) is 10. The predicted molar refractivity (Wildman–Crippen MR) is 126 cm³/mol. The molecular formula is C24H19N9O2. The average molecular weight is 465 g/mol. The van der Waals surface area contributed by atoms with Crippen LogP contribution in [0.4, 0.5) is 5.82 Å². The fourth-order valence-corrected chi connectivity index (χ4v) is 4.08. The van der Waals surface area contributed by atoms with Gasteiger partial charge >= 0.3 is 0 Å². The van der Waals surface area contributed by atoms with E-state index in [9.17, 15) is 4.79 Å². The molecule has 172 valence electrons. The molecule has 0 bridgehead atoms. The SMILES string of the molecule is Nc1nc(-c2ncco2)c(-c2ccc3ncccc3c2)nc1C(=O)NCN1Cc2cncnc2C1. The Morgan fingerprint density at radius 3 is 2.89 bits per heavy atom. The maximum atomic E-state index is 13.1. The monoisotopic (exact) mass is 465 g/mol. The lowest BCUT2D eigenvalue weighted by atomic mass is 10.1. The van der Waals surface area contributed by atoms with Crippen LogP contribution >= 0.6 is 0 Å². The zero-order valence-electron chi connectivity index (χ0n) is 18.4. The highest BCUT2D eigenvalue weighted by Crippen LogP contribution is 2.31. The number of rotatable bonds is 5. The standard InChI is InChI=1S/C24H19N9O2/c25-22-21(23(34)30-13-33-10-16-9-26-12-29-18(16)11-33)31-19(20(32-22)24-28-6-7-35-24)15-3-4-17-14(8-15)2-1-5-27-17/h1-9,12H,10-11,13H2,(H2,25,32)(H,30,34). The van der Waals surface area contributed by atoms with Crippen molar-refractivity contribution in [3.8, 4) is 22.8 Å². The molecule has 5 aromatic rings. The molecule has 1 aliphatic rings. The second kappa shape index (κ2) is 8.54. The van der Waals surface area contributed by atoms with Gasteiger partial charge in [0.05, 0.1) is 24.1 Å². The molecule has 1 amide bonds. The molecule has 0 spiro atoms. The van der Waals surface area contributed by atoms with Crippen molar-refractivity contribution >= 4 is 22.6 Å². The smallest absolute Gasteiger partial charge is 0.274 e. The van der Waals surface area contributed by atoms with E-state index in [4.69, 9.17) is 10.2 Å². The van der Waals surface area contributed by atoms with Crippen LogP contribution in [-0.2, 0) is 13.1 Å². The molecule has 0 saturated carbocycles. The lowest BCUT2D eigenvalue weighted by Crippen LogP contribution is -2.35. The van der Waals surface area contributed by atoms with Crippen LogP contribution in [0.3, 0.4) is 0 Å². The number of anilines is 1. The van der Waals surface area contributed by atoms with Crippen LogP contribution in [0.2, 0.25) is 0 Å². The minimum Gasteiger partial charge on any atom is -0.443 e. The Bertz CT molecular complexity index is 1530. The van der Waals surface area contributed by atoms with E-state index >= 15 is 0 Å². The first-order valence-electron chi connectivity index (χ1n) is 10.9. The summed E-state index contributed by atoms with van der Waals surface area (Å²) in [5, 5.41) is 3.81. The number of benzene rings is 1. The van der Waals surface area contributed by atoms with Crippen molar-refractivity contribution in [1.82, 2.24) is 40.1 Å². The number of hydrogen-bond donors (Lipinski definition) is 2. The number of nitrogens with one attached hydrogen (secondary N) is 1. The molecule has 5 heterocycles. The molecule has 1 aromatic carbocycles. The molecule has 3 N–H and O–H groups in total. The lowest BCUT2D eigenvalue weighted by Gasteiger charge is -2.16. The van der Waals surface area contributed by atoms with E-state index in [1.165, 1.54) is 18.8 Å². The number of carbonyl (C=O) groups is 1. The molecule has 4 aromatic heterocycles. The van der Waals surface area contributed by atoms with Crippen molar-refractivity contribution in [2.45, 2.75) is 13.1 Å². The molecule has 0 saturated heterocycles. The first kappa shape index (κ1) is 20.8. The molecule has 0 radical (unpaired) electrons. The van der Waals surface area contributed by atoms with Gasteiger partial charge in [-0.1, -0.05) is 12.1 Å². The molecule has 0 fully saturated rings. The molecule has 1 aliphatic heterocycles. The molecule has 35 heavy (non-hydrogen) atoms. The van der Waals surface area contributed by atoms with Gasteiger partial charge in [0.25, 0.3) is 5.91 Å². The van der Waals surface area contributed by atoms with Gasteiger partial charge in [-0.2, -0.15) is 0 Å². The summed E-state index contributed by atoms with van der Waals surface area (Å²) in [5.74, 6) is -0.189. The predicted octanol–water partition coefficient (Wildman–Crippen LogP) is 2.42. The van der Waals surface area contributed by atoms with Crippen molar-refractivity contribution in [3.05, 3.63) is 78.5 Å². The van der Waals surface area contributed by atoms with Gasteiger partial charge in [-0.05, 0) is 18.2 Å². The third-order valence-corrected chi connectivity index (χ3v) is 5.76. The Kier molecular flexibility index (Phi) is 5.08. The van der Waals surface area contributed by atoms with Gasteiger partial charge in [0.15, 0.2) is 17.2 Å². The molecule has 6 rings (SSSR count). The van der Waals surface area contributed by atoms with Gasteiger partial charge in [0, 0.05) is 42.0 Å². The highest BCUT2D eigenvalue weighted by atomic mass is 16.3. The Morgan fingerprint density at radius 1 is 1.09 bits per heavy atom. The van der Waals surface area contributed by atoms with Crippen molar-refractivity contribution < 1.29 is 9.21 Å². The summed E-state index contributed by atoms with van der Waals surface area (Å²) in [7, 11) is 0. The van der Waals surface area contributed by atoms with Gasteiger partial charge in [-0.25, -0.2) is 24.9 Å². The van der Waals surface area contributed by atoms with Gasteiger partial charge < -0.3 is 15.5 Å². The Hall–Kier alpha value is -4.77. The fourth-order valence-electron chi connectivity index (χ4n) is 4.08. The first-order chi connectivity index (χ1) is 17.2. The number of nitrogens with two attached hydrogens (primary N) is 1. The van der Waals surface area contributed by atoms with Crippen molar-refractivity contribution in [2.75, 3.05) is 12.4 Å². The quantitative estimate of drug-likeness (QED) is 0.396. The van der Waals surface area contributed by atoms with Crippen LogP contribution in [-0.4, -0.2) is 47.4 Å². The number of nitrogens with zero attached hydrogens (tertiary/aromatic N) is 7. The fraction of sp³-hybridized carbons (Fsp3) is 0.125. The number of oxazole rings is 1. The lowest BCUT2D eigenvalue weighted by molar-refractivity contribution is 0.0917. The molecule has 0 atom stereocenters. The van der Waals surface area contributed by atoms with E-state index < -0.39 is 5.91 Å². The molecular weight excluding hydrogens is 446 g/mol. The molecule has 0 unspecified atom stereocenters. The maximum absolute atomic E-state index is 13.1. The van der Waals surface area contributed by atoms with Gasteiger partial charge in [-0.3, -0.25) is 14.7 Å². The first-order valence-corrected chi connectivity index (χ1v) is 10.9. The van der Waals surface area contributed by atoms with Crippen LogP contribution in [0.5, 0.6) is 0 Å². The highest BCUT2D eigenvalue weighted by molar-refractivity contribution is 5.98. The Morgan fingerprint density at radius 2 is 2.03 bits per heavy atom. The summed E-state index contributed by atoms with van der Waals surface area (Å²) >= 11 is 0. The summed E-state index contributed by atoms with van der Waals surface area (Å²) in [6, 6.07) is 9.49. The third-order valence-electron chi connectivity index (χ3n) is 5.76. The minimum atomic E-state index is -0.431. The number of pyridine rings is 1. The van der Waals surface area contributed by atoms with Crippen LogP contribution in [0.1, 0.15) is 21.7 Å².